The lowest BCUT2D eigenvalue weighted by Crippen LogP contribution is -2.29. The molecule has 3 N–H and O–H groups in total. The van der Waals surface area contributed by atoms with E-state index in [9.17, 15) is 4.79 Å². The summed E-state index contributed by atoms with van der Waals surface area (Å²) in [6.07, 6.45) is 4.75. The maximum absolute atomic E-state index is 11.9. The minimum atomic E-state index is -0.0103. The number of hydrogen-bond acceptors (Lipinski definition) is 4. The van der Waals surface area contributed by atoms with Gasteiger partial charge in [-0.25, -0.2) is 4.98 Å². The van der Waals surface area contributed by atoms with Crippen LogP contribution in [0, 0.1) is 5.92 Å². The smallest absolute Gasteiger partial charge is 0.238 e. The van der Waals surface area contributed by atoms with Crippen LogP contribution in [-0.2, 0) is 9.53 Å². The van der Waals surface area contributed by atoms with Gasteiger partial charge in [-0.2, -0.15) is 0 Å². The lowest BCUT2D eigenvalue weighted by molar-refractivity contribution is -0.115. The number of carbonyl (C=O) groups excluding carboxylic acids is 1. The molecule has 1 aromatic carbocycles. The molecule has 6 nitrogen and oxygen atoms in total. The van der Waals surface area contributed by atoms with Crippen molar-refractivity contribution in [3.05, 3.63) is 24.0 Å². The number of rotatable bonds is 6. The van der Waals surface area contributed by atoms with Gasteiger partial charge in [0, 0.05) is 12.3 Å². The molecule has 1 aliphatic carbocycles. The second kappa shape index (κ2) is 6.29. The molecule has 0 spiro atoms. The Bertz CT molecular complexity index is 702. The average molecular weight is 314 g/mol. The van der Waals surface area contributed by atoms with Crippen molar-refractivity contribution in [1.29, 1.82) is 0 Å². The summed E-state index contributed by atoms with van der Waals surface area (Å²) < 4.78 is 5.66. The molecule has 23 heavy (non-hydrogen) atoms. The number of fused-ring (bicyclic) bond motifs is 1. The molecule has 4 rings (SSSR count). The van der Waals surface area contributed by atoms with Crippen molar-refractivity contribution in [2.45, 2.75) is 31.8 Å². The highest BCUT2D eigenvalue weighted by Gasteiger charge is 2.21. The molecule has 0 radical (unpaired) electrons. The highest BCUT2D eigenvalue weighted by molar-refractivity contribution is 5.94. The van der Waals surface area contributed by atoms with Crippen LogP contribution >= 0.6 is 0 Å². The topological polar surface area (TPSA) is 79.0 Å². The summed E-state index contributed by atoms with van der Waals surface area (Å²) >= 11 is 0. The Morgan fingerprint density at radius 2 is 2.26 bits per heavy atom. The van der Waals surface area contributed by atoms with E-state index in [2.05, 4.69) is 20.6 Å². The third kappa shape index (κ3) is 3.54. The summed E-state index contributed by atoms with van der Waals surface area (Å²) in [6.45, 7) is 2.10. The molecule has 6 heteroatoms. The maximum Gasteiger partial charge on any atom is 0.238 e. The lowest BCUT2D eigenvalue weighted by Gasteiger charge is -2.06. The van der Waals surface area contributed by atoms with Gasteiger partial charge in [0.25, 0.3) is 0 Å². The lowest BCUT2D eigenvalue weighted by atomic mass is 10.2. The molecule has 0 bridgehead atoms. The first-order valence-corrected chi connectivity index (χ1v) is 8.40. The highest BCUT2D eigenvalue weighted by Crippen LogP contribution is 2.29. The van der Waals surface area contributed by atoms with Crippen LogP contribution in [0.1, 0.15) is 37.6 Å². The van der Waals surface area contributed by atoms with E-state index < -0.39 is 0 Å². The number of H-pyrrole nitrogens is 1. The minimum absolute atomic E-state index is 0.0103. The monoisotopic (exact) mass is 314 g/mol. The Morgan fingerprint density at radius 1 is 1.35 bits per heavy atom. The summed E-state index contributed by atoms with van der Waals surface area (Å²) in [4.78, 5) is 19.8. The first kappa shape index (κ1) is 14.7. The molecule has 2 aliphatic rings. The fraction of sp³-hybridized carbons (Fsp3) is 0.529. The van der Waals surface area contributed by atoms with E-state index >= 15 is 0 Å². The zero-order valence-corrected chi connectivity index (χ0v) is 13.1. The van der Waals surface area contributed by atoms with Crippen LogP contribution in [0.5, 0.6) is 0 Å². The van der Waals surface area contributed by atoms with Crippen molar-refractivity contribution in [2.24, 2.45) is 5.92 Å². The highest BCUT2D eigenvalue weighted by atomic mass is 16.5. The summed E-state index contributed by atoms with van der Waals surface area (Å²) in [5.74, 6) is 1.65. The van der Waals surface area contributed by atoms with Crippen LogP contribution in [0.2, 0.25) is 0 Å². The van der Waals surface area contributed by atoms with Gasteiger partial charge in [-0.3, -0.25) is 4.79 Å². The number of anilines is 1. The second-order valence-electron chi connectivity index (χ2n) is 6.48. The third-order valence-electron chi connectivity index (χ3n) is 4.43. The van der Waals surface area contributed by atoms with Crippen molar-refractivity contribution >= 4 is 22.6 Å². The Morgan fingerprint density at radius 3 is 3.04 bits per heavy atom. The van der Waals surface area contributed by atoms with E-state index in [4.69, 9.17) is 4.74 Å². The molecule has 1 amide bonds. The maximum atomic E-state index is 11.9. The molecule has 1 saturated heterocycles. The van der Waals surface area contributed by atoms with E-state index in [1.54, 1.807) is 0 Å². The van der Waals surface area contributed by atoms with Crippen LogP contribution in [0.25, 0.3) is 11.0 Å². The standard InChI is InChI=1S/C17H22N4O2/c22-16(10-18-9-11-3-4-11)19-12-5-6-13-14(8-12)21-17(20-13)15-2-1-7-23-15/h5-6,8,11,15,18H,1-4,7,9-10H2,(H,19,22)(H,20,21). The minimum Gasteiger partial charge on any atom is -0.370 e. The molecular weight excluding hydrogens is 292 g/mol. The fourth-order valence-electron chi connectivity index (χ4n) is 2.97. The number of benzene rings is 1. The van der Waals surface area contributed by atoms with Gasteiger partial charge in [-0.1, -0.05) is 0 Å². The average Bonchev–Trinajstić information content (AvgIpc) is 3.04. The number of ether oxygens (including phenoxy) is 1. The van der Waals surface area contributed by atoms with Crippen LogP contribution < -0.4 is 10.6 Å². The first-order chi connectivity index (χ1) is 11.3. The SMILES string of the molecule is O=C(CNCC1CC1)Nc1ccc2nc(C3CCCO3)[nH]c2c1. The molecule has 122 valence electrons. The quantitative estimate of drug-likeness (QED) is 0.765. The molecule has 2 aromatic rings. The first-order valence-electron chi connectivity index (χ1n) is 8.40. The number of imidazole rings is 1. The number of amides is 1. The van der Waals surface area contributed by atoms with Crippen molar-refractivity contribution in [2.75, 3.05) is 25.0 Å². The van der Waals surface area contributed by atoms with Crippen LogP contribution in [-0.4, -0.2) is 35.6 Å². The molecule has 1 saturated carbocycles. The Hall–Kier alpha value is -1.92. The molecular formula is C17H22N4O2. The molecule has 2 heterocycles. The summed E-state index contributed by atoms with van der Waals surface area (Å²) in [5, 5.41) is 6.12. The van der Waals surface area contributed by atoms with Gasteiger partial charge in [0.2, 0.25) is 5.91 Å². The van der Waals surface area contributed by atoms with Crippen molar-refractivity contribution in [1.82, 2.24) is 15.3 Å². The molecule has 1 unspecified atom stereocenters. The number of carbonyl (C=O) groups is 1. The number of hydrogen-bond donors (Lipinski definition) is 3. The van der Waals surface area contributed by atoms with E-state index in [1.807, 2.05) is 18.2 Å². The Balaban J connectivity index is 1.39. The van der Waals surface area contributed by atoms with Gasteiger partial charge < -0.3 is 20.4 Å². The summed E-state index contributed by atoms with van der Waals surface area (Å²) in [7, 11) is 0. The number of nitrogens with one attached hydrogen (secondary N) is 3. The van der Waals surface area contributed by atoms with Gasteiger partial charge in [0.1, 0.15) is 11.9 Å². The van der Waals surface area contributed by atoms with Gasteiger partial charge >= 0.3 is 0 Å². The summed E-state index contributed by atoms with van der Waals surface area (Å²) in [5.41, 5.74) is 2.62. The number of nitrogens with zero attached hydrogens (tertiary/aromatic N) is 1. The van der Waals surface area contributed by atoms with Crippen LogP contribution in [0.15, 0.2) is 18.2 Å². The third-order valence-corrected chi connectivity index (χ3v) is 4.43. The van der Waals surface area contributed by atoms with Crippen LogP contribution in [0.4, 0.5) is 5.69 Å². The summed E-state index contributed by atoms with van der Waals surface area (Å²) in [6, 6.07) is 5.75. The van der Waals surface area contributed by atoms with E-state index in [1.165, 1.54) is 12.8 Å². The molecule has 1 aromatic heterocycles. The van der Waals surface area contributed by atoms with Crippen molar-refractivity contribution in [3.63, 3.8) is 0 Å². The fourth-order valence-corrected chi connectivity index (χ4v) is 2.97. The largest absolute Gasteiger partial charge is 0.370 e. The van der Waals surface area contributed by atoms with E-state index in [-0.39, 0.29) is 12.0 Å². The van der Waals surface area contributed by atoms with Gasteiger partial charge in [0.05, 0.1) is 17.6 Å². The van der Waals surface area contributed by atoms with E-state index in [0.717, 1.165) is 54.5 Å². The zero-order valence-electron chi connectivity index (χ0n) is 13.1. The van der Waals surface area contributed by atoms with Gasteiger partial charge in [-0.05, 0) is 56.3 Å². The molecule has 1 atom stereocenters. The Kier molecular flexibility index (Phi) is 4.01. The Labute approximate surface area is 135 Å². The predicted molar refractivity (Wildman–Crippen MR) is 88.2 cm³/mol. The van der Waals surface area contributed by atoms with E-state index in [0.29, 0.717) is 6.54 Å². The predicted octanol–water partition coefficient (Wildman–Crippen LogP) is 2.35. The van der Waals surface area contributed by atoms with Gasteiger partial charge in [0.15, 0.2) is 0 Å². The van der Waals surface area contributed by atoms with Crippen molar-refractivity contribution < 1.29 is 9.53 Å². The molecule has 2 fully saturated rings. The second-order valence-corrected chi connectivity index (χ2v) is 6.48. The number of aromatic amines is 1. The number of aromatic nitrogens is 2. The van der Waals surface area contributed by atoms with Crippen molar-refractivity contribution in [3.8, 4) is 0 Å². The molecule has 1 aliphatic heterocycles. The van der Waals surface area contributed by atoms with Gasteiger partial charge in [-0.15, -0.1) is 0 Å². The zero-order chi connectivity index (χ0) is 15.6. The van der Waals surface area contributed by atoms with Crippen LogP contribution in [0.3, 0.4) is 0 Å². The normalized spacial score (nSPS) is 21.0.